The lowest BCUT2D eigenvalue weighted by molar-refractivity contribution is -0.159. The number of anilines is 1. The molecule has 1 saturated heterocycles. The van der Waals surface area contributed by atoms with Gasteiger partial charge in [-0.15, -0.1) is 0 Å². The van der Waals surface area contributed by atoms with Crippen molar-refractivity contribution >= 4 is 41.0 Å². The molecule has 2 saturated carbocycles. The van der Waals surface area contributed by atoms with E-state index in [-0.39, 0.29) is 35.5 Å². The van der Waals surface area contributed by atoms with E-state index >= 15 is 0 Å². The van der Waals surface area contributed by atoms with Crippen LogP contribution in [0.1, 0.15) is 31.7 Å². The van der Waals surface area contributed by atoms with E-state index in [4.69, 9.17) is 16.3 Å². The van der Waals surface area contributed by atoms with Gasteiger partial charge in [0.1, 0.15) is 6.04 Å². The molecule has 154 valence electrons. The summed E-state index contributed by atoms with van der Waals surface area (Å²) in [5.41, 5.74) is 1.37. The van der Waals surface area contributed by atoms with Crippen LogP contribution in [0.5, 0.6) is 0 Å². The molecule has 7 nitrogen and oxygen atoms in total. The van der Waals surface area contributed by atoms with Gasteiger partial charge in [0.25, 0.3) is 5.91 Å². The Morgan fingerprint density at radius 1 is 1.21 bits per heavy atom. The summed E-state index contributed by atoms with van der Waals surface area (Å²) in [4.78, 5) is 51.1. The molecule has 1 N–H and O–H groups in total. The zero-order valence-electron chi connectivity index (χ0n) is 16.3. The second kappa shape index (κ2) is 7.44. The number of rotatable bonds is 5. The van der Waals surface area contributed by atoms with Crippen LogP contribution in [0.3, 0.4) is 0 Å². The van der Waals surface area contributed by atoms with Crippen molar-refractivity contribution in [3.8, 4) is 0 Å². The van der Waals surface area contributed by atoms with Gasteiger partial charge in [-0.05, 0) is 62.6 Å². The second-order valence-electron chi connectivity index (χ2n) is 8.23. The highest BCUT2D eigenvalue weighted by molar-refractivity contribution is 6.31. The maximum atomic E-state index is 12.8. The molecule has 2 bridgehead atoms. The number of hydrogen-bond donors (Lipinski definition) is 1. The fourth-order valence-electron chi connectivity index (χ4n) is 5.04. The van der Waals surface area contributed by atoms with E-state index in [0.717, 1.165) is 29.7 Å². The fourth-order valence-corrected chi connectivity index (χ4v) is 5.22. The Bertz CT molecular complexity index is 873. The molecule has 5 atom stereocenters. The Labute approximate surface area is 173 Å². The average molecular weight is 419 g/mol. The summed E-state index contributed by atoms with van der Waals surface area (Å²) in [6.45, 7) is 2.80. The number of likely N-dealkylation sites (tertiary alicyclic amines) is 1. The Balaban J connectivity index is 1.34. The zero-order chi connectivity index (χ0) is 20.9. The monoisotopic (exact) mass is 418 g/mol. The Hall–Kier alpha value is -2.41. The highest BCUT2D eigenvalue weighted by Gasteiger charge is 2.62. The SMILES string of the molecule is Cc1ccc(NC(=O)COC(=O)[C@@H](C)N2C(=O)[C@@H]3[C@@H]4CC[C@@H](C4)[C@@H]3C2=O)cc1Cl. The molecular weight excluding hydrogens is 396 g/mol. The number of carbonyl (C=O) groups excluding carboxylic acids is 4. The molecule has 1 aliphatic heterocycles. The molecule has 1 heterocycles. The quantitative estimate of drug-likeness (QED) is 0.586. The molecule has 0 aromatic heterocycles. The van der Waals surface area contributed by atoms with Crippen LogP contribution in [0.15, 0.2) is 18.2 Å². The van der Waals surface area contributed by atoms with Gasteiger partial charge in [0.05, 0.1) is 11.8 Å². The molecule has 0 unspecified atom stereocenters. The van der Waals surface area contributed by atoms with Gasteiger partial charge < -0.3 is 10.1 Å². The van der Waals surface area contributed by atoms with E-state index < -0.39 is 24.5 Å². The van der Waals surface area contributed by atoms with Crippen LogP contribution >= 0.6 is 11.6 Å². The summed E-state index contributed by atoms with van der Waals surface area (Å²) < 4.78 is 5.06. The number of carbonyl (C=O) groups is 4. The Kier molecular flexibility index (Phi) is 5.11. The molecule has 3 aliphatic rings. The van der Waals surface area contributed by atoms with Crippen molar-refractivity contribution in [3.05, 3.63) is 28.8 Å². The predicted octanol–water partition coefficient (Wildman–Crippen LogP) is 2.55. The summed E-state index contributed by atoms with van der Waals surface area (Å²) in [6.07, 6.45) is 2.88. The van der Waals surface area contributed by atoms with Crippen molar-refractivity contribution in [2.75, 3.05) is 11.9 Å². The molecule has 3 amide bonds. The molecule has 0 spiro atoms. The van der Waals surface area contributed by atoms with Gasteiger partial charge in [-0.1, -0.05) is 17.7 Å². The van der Waals surface area contributed by atoms with E-state index in [9.17, 15) is 19.2 Å². The van der Waals surface area contributed by atoms with E-state index in [0.29, 0.717) is 10.7 Å². The number of benzene rings is 1. The minimum Gasteiger partial charge on any atom is -0.454 e. The molecule has 4 rings (SSSR count). The topological polar surface area (TPSA) is 92.8 Å². The number of hydrogen-bond acceptors (Lipinski definition) is 5. The first-order valence-corrected chi connectivity index (χ1v) is 10.2. The number of fused-ring (bicyclic) bond motifs is 5. The first-order chi connectivity index (χ1) is 13.8. The van der Waals surface area contributed by atoms with Crippen molar-refractivity contribution < 1.29 is 23.9 Å². The number of imide groups is 1. The number of aryl methyl sites for hydroxylation is 1. The van der Waals surface area contributed by atoms with Crippen LogP contribution < -0.4 is 5.32 Å². The third-order valence-corrected chi connectivity index (χ3v) is 6.90. The summed E-state index contributed by atoms with van der Waals surface area (Å²) in [7, 11) is 0. The van der Waals surface area contributed by atoms with Gasteiger partial charge in [0.15, 0.2) is 6.61 Å². The normalized spacial score (nSPS) is 28.4. The van der Waals surface area contributed by atoms with Crippen molar-refractivity contribution in [3.63, 3.8) is 0 Å². The number of esters is 1. The van der Waals surface area contributed by atoms with Crippen LogP contribution in [-0.2, 0) is 23.9 Å². The van der Waals surface area contributed by atoms with Crippen LogP contribution in [0, 0.1) is 30.6 Å². The summed E-state index contributed by atoms with van der Waals surface area (Å²) in [5, 5.41) is 3.11. The minimum atomic E-state index is -1.04. The van der Waals surface area contributed by atoms with E-state index in [1.807, 2.05) is 6.92 Å². The maximum absolute atomic E-state index is 12.8. The van der Waals surface area contributed by atoms with Crippen LogP contribution in [0.4, 0.5) is 5.69 Å². The molecule has 29 heavy (non-hydrogen) atoms. The molecule has 2 aliphatic carbocycles. The lowest BCUT2D eigenvalue weighted by Crippen LogP contribution is -2.45. The molecule has 0 radical (unpaired) electrons. The number of nitrogens with zero attached hydrogens (tertiary/aromatic N) is 1. The van der Waals surface area contributed by atoms with E-state index in [2.05, 4.69) is 5.32 Å². The van der Waals surface area contributed by atoms with Crippen molar-refractivity contribution in [1.82, 2.24) is 4.90 Å². The number of amides is 3. The standard InChI is InChI=1S/C21H23ClN2O5/c1-10-3-6-14(8-15(10)22)23-16(25)9-29-21(28)11(2)24-19(26)17-12-4-5-13(7-12)18(17)20(24)27/h3,6,8,11-13,17-18H,4-5,7,9H2,1-2H3,(H,23,25)/t11-,12-,13+,17-,18+/m1/s1. The number of halogens is 1. The molecule has 1 aromatic carbocycles. The lowest BCUT2D eigenvalue weighted by atomic mass is 9.81. The molecular formula is C21H23ClN2O5. The zero-order valence-corrected chi connectivity index (χ0v) is 17.1. The van der Waals surface area contributed by atoms with Gasteiger partial charge in [0, 0.05) is 10.7 Å². The van der Waals surface area contributed by atoms with E-state index in [1.54, 1.807) is 18.2 Å². The van der Waals surface area contributed by atoms with E-state index in [1.165, 1.54) is 6.92 Å². The van der Waals surface area contributed by atoms with Gasteiger partial charge in [0.2, 0.25) is 11.8 Å². The van der Waals surface area contributed by atoms with Crippen molar-refractivity contribution in [2.24, 2.45) is 23.7 Å². The first kappa shape index (κ1) is 19.9. The second-order valence-corrected chi connectivity index (χ2v) is 8.63. The van der Waals surface area contributed by atoms with Crippen LogP contribution in [0.25, 0.3) is 0 Å². The molecule has 1 aromatic rings. The summed E-state index contributed by atoms with van der Waals surface area (Å²) in [5.74, 6) is -1.90. The van der Waals surface area contributed by atoms with Crippen LogP contribution in [0.2, 0.25) is 5.02 Å². The Morgan fingerprint density at radius 2 is 1.83 bits per heavy atom. The first-order valence-electron chi connectivity index (χ1n) is 9.87. The van der Waals surface area contributed by atoms with Gasteiger partial charge in [-0.3, -0.25) is 19.3 Å². The third-order valence-electron chi connectivity index (χ3n) is 6.49. The largest absolute Gasteiger partial charge is 0.454 e. The smallest absolute Gasteiger partial charge is 0.329 e. The number of nitrogens with one attached hydrogen (secondary N) is 1. The predicted molar refractivity (Wildman–Crippen MR) is 105 cm³/mol. The molecule has 8 heteroatoms. The minimum absolute atomic E-state index is 0.252. The van der Waals surface area contributed by atoms with Gasteiger partial charge in [-0.25, -0.2) is 4.79 Å². The third kappa shape index (κ3) is 3.41. The Morgan fingerprint density at radius 3 is 2.41 bits per heavy atom. The molecule has 3 fully saturated rings. The lowest BCUT2D eigenvalue weighted by Gasteiger charge is -2.23. The summed E-state index contributed by atoms with van der Waals surface area (Å²) >= 11 is 6.03. The van der Waals surface area contributed by atoms with Crippen molar-refractivity contribution in [1.29, 1.82) is 0 Å². The van der Waals surface area contributed by atoms with Gasteiger partial charge >= 0.3 is 5.97 Å². The van der Waals surface area contributed by atoms with Crippen LogP contribution in [-0.4, -0.2) is 41.2 Å². The highest BCUT2D eigenvalue weighted by atomic mass is 35.5. The highest BCUT2D eigenvalue weighted by Crippen LogP contribution is 2.56. The fraction of sp³-hybridized carbons (Fsp3) is 0.524. The number of ether oxygens (including phenoxy) is 1. The average Bonchev–Trinajstić information content (AvgIpc) is 3.36. The maximum Gasteiger partial charge on any atom is 0.329 e. The summed E-state index contributed by atoms with van der Waals surface area (Å²) in [6, 6.07) is 4.02. The van der Waals surface area contributed by atoms with Crippen molar-refractivity contribution in [2.45, 2.75) is 39.2 Å². The van der Waals surface area contributed by atoms with Gasteiger partial charge in [-0.2, -0.15) is 0 Å².